The molecule has 1 saturated carbocycles. The SMILES string of the molecule is COC1CCC(N2CCC(N)CC2C)CC1. The lowest BCUT2D eigenvalue weighted by Gasteiger charge is -2.44. The second-order valence-corrected chi connectivity index (χ2v) is 5.54. The van der Waals surface area contributed by atoms with Gasteiger partial charge in [-0.05, 0) is 45.4 Å². The molecule has 1 aliphatic carbocycles. The van der Waals surface area contributed by atoms with Crippen molar-refractivity contribution < 1.29 is 4.74 Å². The normalized spacial score (nSPS) is 42.2. The number of hydrogen-bond donors (Lipinski definition) is 1. The minimum Gasteiger partial charge on any atom is -0.381 e. The highest BCUT2D eigenvalue weighted by Gasteiger charge is 2.31. The smallest absolute Gasteiger partial charge is 0.0572 e. The Morgan fingerprint density at radius 2 is 1.81 bits per heavy atom. The Bertz CT molecular complexity index is 214. The maximum absolute atomic E-state index is 6.01. The van der Waals surface area contributed by atoms with Crippen LogP contribution < -0.4 is 5.73 Å². The third-order valence-electron chi connectivity index (χ3n) is 4.41. The van der Waals surface area contributed by atoms with E-state index in [4.69, 9.17) is 10.5 Å². The number of likely N-dealkylation sites (tertiary alicyclic amines) is 1. The molecule has 0 aromatic rings. The molecule has 0 spiro atoms. The Balaban J connectivity index is 1.84. The van der Waals surface area contributed by atoms with Crippen molar-refractivity contribution in [2.75, 3.05) is 13.7 Å². The molecule has 2 atom stereocenters. The topological polar surface area (TPSA) is 38.5 Å². The van der Waals surface area contributed by atoms with Gasteiger partial charge in [-0.25, -0.2) is 0 Å². The molecule has 94 valence electrons. The summed E-state index contributed by atoms with van der Waals surface area (Å²) in [4.78, 5) is 2.69. The summed E-state index contributed by atoms with van der Waals surface area (Å²) in [5.74, 6) is 0. The highest BCUT2D eigenvalue weighted by molar-refractivity contribution is 4.88. The zero-order chi connectivity index (χ0) is 11.5. The Hall–Kier alpha value is -0.120. The molecule has 3 nitrogen and oxygen atoms in total. The molecule has 1 aliphatic heterocycles. The largest absolute Gasteiger partial charge is 0.381 e. The van der Waals surface area contributed by atoms with Crippen molar-refractivity contribution >= 4 is 0 Å². The average Bonchev–Trinajstić information content (AvgIpc) is 2.29. The van der Waals surface area contributed by atoms with Crippen LogP contribution in [-0.4, -0.2) is 42.8 Å². The number of nitrogens with two attached hydrogens (primary N) is 1. The maximum atomic E-state index is 6.01. The fraction of sp³-hybridized carbons (Fsp3) is 1.00. The zero-order valence-corrected chi connectivity index (χ0v) is 10.7. The molecule has 0 bridgehead atoms. The van der Waals surface area contributed by atoms with E-state index in [0.717, 1.165) is 6.04 Å². The van der Waals surface area contributed by atoms with Crippen LogP contribution in [0.15, 0.2) is 0 Å². The Kier molecular flexibility index (Phi) is 4.22. The molecule has 2 fully saturated rings. The van der Waals surface area contributed by atoms with Crippen LogP contribution in [0.1, 0.15) is 45.4 Å². The van der Waals surface area contributed by atoms with Gasteiger partial charge in [0.1, 0.15) is 0 Å². The molecular formula is C13H26N2O. The van der Waals surface area contributed by atoms with E-state index in [1.807, 2.05) is 7.11 Å². The lowest BCUT2D eigenvalue weighted by atomic mass is 9.88. The first-order chi connectivity index (χ1) is 7.70. The number of piperidine rings is 1. The third kappa shape index (κ3) is 2.76. The van der Waals surface area contributed by atoms with Crippen LogP contribution in [0.2, 0.25) is 0 Å². The van der Waals surface area contributed by atoms with Crippen LogP contribution in [0.5, 0.6) is 0 Å². The molecule has 16 heavy (non-hydrogen) atoms. The van der Waals surface area contributed by atoms with Crippen LogP contribution in [0.3, 0.4) is 0 Å². The predicted octanol–water partition coefficient (Wildman–Crippen LogP) is 1.76. The molecule has 1 heterocycles. The van der Waals surface area contributed by atoms with E-state index in [-0.39, 0.29) is 0 Å². The summed E-state index contributed by atoms with van der Waals surface area (Å²) in [7, 11) is 1.84. The summed E-state index contributed by atoms with van der Waals surface area (Å²) >= 11 is 0. The first-order valence-electron chi connectivity index (χ1n) is 6.74. The molecule has 0 aromatic heterocycles. The van der Waals surface area contributed by atoms with Gasteiger partial charge in [-0.2, -0.15) is 0 Å². The van der Waals surface area contributed by atoms with Gasteiger partial charge in [-0.3, -0.25) is 4.90 Å². The number of ether oxygens (including phenoxy) is 1. The summed E-state index contributed by atoms with van der Waals surface area (Å²) < 4.78 is 5.43. The van der Waals surface area contributed by atoms with E-state index in [1.165, 1.54) is 45.1 Å². The average molecular weight is 226 g/mol. The molecule has 2 rings (SSSR count). The molecule has 0 aromatic carbocycles. The highest BCUT2D eigenvalue weighted by Crippen LogP contribution is 2.29. The van der Waals surface area contributed by atoms with Crippen molar-refractivity contribution in [1.82, 2.24) is 4.90 Å². The number of hydrogen-bond acceptors (Lipinski definition) is 3. The standard InChI is InChI=1S/C13H26N2O/c1-10-9-11(14)7-8-15(10)12-3-5-13(16-2)6-4-12/h10-13H,3-9,14H2,1-2H3. The predicted molar refractivity (Wildman–Crippen MR) is 66.4 cm³/mol. The van der Waals surface area contributed by atoms with E-state index in [9.17, 15) is 0 Å². The summed E-state index contributed by atoms with van der Waals surface area (Å²) in [6.07, 6.45) is 7.93. The minimum absolute atomic E-state index is 0.432. The van der Waals surface area contributed by atoms with Crippen molar-refractivity contribution in [2.45, 2.75) is 69.7 Å². The third-order valence-corrected chi connectivity index (χ3v) is 4.41. The molecule has 2 N–H and O–H groups in total. The summed E-state index contributed by atoms with van der Waals surface area (Å²) in [6.45, 7) is 3.53. The fourth-order valence-electron chi connectivity index (χ4n) is 3.38. The van der Waals surface area contributed by atoms with Gasteiger partial charge in [0, 0.05) is 31.8 Å². The van der Waals surface area contributed by atoms with Crippen molar-refractivity contribution in [3.63, 3.8) is 0 Å². The maximum Gasteiger partial charge on any atom is 0.0572 e. The Labute approximate surface area is 99.3 Å². The molecule has 0 radical (unpaired) electrons. The van der Waals surface area contributed by atoms with E-state index >= 15 is 0 Å². The van der Waals surface area contributed by atoms with Gasteiger partial charge >= 0.3 is 0 Å². The molecular weight excluding hydrogens is 200 g/mol. The Morgan fingerprint density at radius 3 is 2.38 bits per heavy atom. The van der Waals surface area contributed by atoms with Gasteiger partial charge in [-0.15, -0.1) is 0 Å². The van der Waals surface area contributed by atoms with Crippen LogP contribution in [-0.2, 0) is 4.74 Å². The molecule has 1 saturated heterocycles. The van der Waals surface area contributed by atoms with E-state index in [2.05, 4.69) is 11.8 Å². The second-order valence-electron chi connectivity index (χ2n) is 5.54. The van der Waals surface area contributed by atoms with Crippen molar-refractivity contribution in [1.29, 1.82) is 0 Å². The highest BCUT2D eigenvalue weighted by atomic mass is 16.5. The lowest BCUT2D eigenvalue weighted by molar-refractivity contribution is 0.0166. The molecule has 2 unspecified atom stereocenters. The van der Waals surface area contributed by atoms with Gasteiger partial charge in [0.15, 0.2) is 0 Å². The number of nitrogens with zero attached hydrogens (tertiary/aromatic N) is 1. The van der Waals surface area contributed by atoms with Crippen LogP contribution in [0, 0.1) is 0 Å². The molecule has 3 heteroatoms. The van der Waals surface area contributed by atoms with Crippen molar-refractivity contribution in [3.05, 3.63) is 0 Å². The minimum atomic E-state index is 0.432. The lowest BCUT2D eigenvalue weighted by Crippen LogP contribution is -2.51. The van der Waals surface area contributed by atoms with E-state index < -0.39 is 0 Å². The van der Waals surface area contributed by atoms with Crippen LogP contribution in [0.25, 0.3) is 0 Å². The summed E-state index contributed by atoms with van der Waals surface area (Å²) in [5.41, 5.74) is 6.01. The number of methoxy groups -OCH3 is 1. The quantitative estimate of drug-likeness (QED) is 0.779. The van der Waals surface area contributed by atoms with Gasteiger partial charge in [0.05, 0.1) is 6.10 Å². The van der Waals surface area contributed by atoms with Crippen LogP contribution in [0.4, 0.5) is 0 Å². The van der Waals surface area contributed by atoms with Gasteiger partial charge in [-0.1, -0.05) is 0 Å². The second kappa shape index (κ2) is 5.48. The van der Waals surface area contributed by atoms with Gasteiger partial charge in [0.2, 0.25) is 0 Å². The number of rotatable bonds is 2. The monoisotopic (exact) mass is 226 g/mol. The van der Waals surface area contributed by atoms with Crippen molar-refractivity contribution in [2.24, 2.45) is 5.73 Å². The summed E-state index contributed by atoms with van der Waals surface area (Å²) in [6, 6.07) is 1.89. The van der Waals surface area contributed by atoms with Gasteiger partial charge in [0.25, 0.3) is 0 Å². The van der Waals surface area contributed by atoms with E-state index in [0.29, 0.717) is 18.2 Å². The van der Waals surface area contributed by atoms with Crippen LogP contribution >= 0.6 is 0 Å². The van der Waals surface area contributed by atoms with Gasteiger partial charge < -0.3 is 10.5 Å². The molecule has 0 amide bonds. The zero-order valence-electron chi connectivity index (χ0n) is 10.7. The first kappa shape index (κ1) is 12.3. The molecule has 2 aliphatic rings. The van der Waals surface area contributed by atoms with E-state index in [1.54, 1.807) is 0 Å². The summed E-state index contributed by atoms with van der Waals surface area (Å²) in [5, 5.41) is 0. The van der Waals surface area contributed by atoms with Crippen molar-refractivity contribution in [3.8, 4) is 0 Å². The fourth-order valence-corrected chi connectivity index (χ4v) is 3.38. The Morgan fingerprint density at radius 1 is 1.12 bits per heavy atom. The first-order valence-corrected chi connectivity index (χ1v) is 6.74.